The van der Waals surface area contributed by atoms with Gasteiger partial charge in [-0.3, -0.25) is 4.79 Å². The van der Waals surface area contributed by atoms with Gasteiger partial charge in [-0.25, -0.2) is 0 Å². The molecule has 0 spiro atoms. The summed E-state index contributed by atoms with van der Waals surface area (Å²) in [5.74, 6) is 0.299. The summed E-state index contributed by atoms with van der Waals surface area (Å²) in [6.45, 7) is 1.51. The summed E-state index contributed by atoms with van der Waals surface area (Å²) in [6.07, 6.45) is 0. The van der Waals surface area contributed by atoms with Crippen LogP contribution in [0.5, 0.6) is 11.5 Å². The lowest BCUT2D eigenvalue weighted by Crippen LogP contribution is -2.35. The maximum absolute atomic E-state index is 12.3. The molecule has 6 heteroatoms. The van der Waals surface area contributed by atoms with E-state index in [1.807, 2.05) is 0 Å². The van der Waals surface area contributed by atoms with Gasteiger partial charge in [0.15, 0.2) is 0 Å². The van der Waals surface area contributed by atoms with Crippen LogP contribution in [0.3, 0.4) is 0 Å². The molecule has 0 saturated heterocycles. The molecule has 2 aromatic carbocycles. The number of ether oxygens (including phenoxy) is 1. The molecule has 0 saturated carbocycles. The predicted molar refractivity (Wildman–Crippen MR) is 87.0 cm³/mol. The first-order chi connectivity index (χ1) is 10.5. The highest BCUT2D eigenvalue weighted by atomic mass is 35.5. The van der Waals surface area contributed by atoms with Gasteiger partial charge in [-0.2, -0.15) is 0 Å². The van der Waals surface area contributed by atoms with Gasteiger partial charge in [0.05, 0.1) is 16.7 Å². The largest absolute Gasteiger partial charge is 0.455 e. The number of carbonyl (C=O) groups is 1. The summed E-state index contributed by atoms with van der Waals surface area (Å²) < 4.78 is 5.72. The summed E-state index contributed by atoms with van der Waals surface area (Å²) in [5.41, 5.74) is 0.199. The molecular formula is C16H15Cl2NO3. The number of carbonyl (C=O) groups excluding carboxylic acids is 1. The third-order valence-electron chi connectivity index (χ3n) is 2.91. The quantitative estimate of drug-likeness (QED) is 0.868. The lowest BCUT2D eigenvalue weighted by atomic mass is 10.1. The zero-order valence-corrected chi connectivity index (χ0v) is 13.4. The molecule has 0 bridgehead atoms. The molecule has 0 radical (unpaired) electrons. The topological polar surface area (TPSA) is 58.6 Å². The van der Waals surface area contributed by atoms with E-state index in [9.17, 15) is 4.79 Å². The number of aliphatic hydroxyl groups excluding tert-OH is 1. The van der Waals surface area contributed by atoms with Gasteiger partial charge >= 0.3 is 0 Å². The van der Waals surface area contributed by atoms with Crippen LogP contribution in [0, 0.1) is 0 Å². The van der Waals surface area contributed by atoms with Crippen LogP contribution in [0.25, 0.3) is 0 Å². The summed E-state index contributed by atoms with van der Waals surface area (Å²) >= 11 is 12.2. The molecule has 1 amide bonds. The van der Waals surface area contributed by atoms with E-state index in [-0.39, 0.29) is 17.2 Å². The lowest BCUT2D eigenvalue weighted by molar-refractivity contribution is 0.0920. The Morgan fingerprint density at radius 1 is 1.14 bits per heavy atom. The Morgan fingerprint density at radius 3 is 2.45 bits per heavy atom. The van der Waals surface area contributed by atoms with Gasteiger partial charge in [-0.05, 0) is 31.2 Å². The van der Waals surface area contributed by atoms with Gasteiger partial charge in [-0.15, -0.1) is 0 Å². The fraction of sp³-hybridized carbons (Fsp3) is 0.188. The maximum atomic E-state index is 12.3. The predicted octanol–water partition coefficient (Wildman–Crippen LogP) is 3.90. The number of halogens is 2. The maximum Gasteiger partial charge on any atom is 0.256 e. The van der Waals surface area contributed by atoms with Crippen LogP contribution in [-0.2, 0) is 0 Å². The molecule has 116 valence electrons. The number of para-hydroxylation sites is 1. The monoisotopic (exact) mass is 339 g/mol. The number of rotatable bonds is 5. The molecule has 2 rings (SSSR count). The minimum absolute atomic E-state index is 0.170. The SMILES string of the molecule is CC(CO)NC(=O)c1c(Cl)cccc1Oc1ccccc1Cl. The Labute approximate surface area is 138 Å². The molecule has 2 aromatic rings. The number of hydrogen-bond acceptors (Lipinski definition) is 3. The molecule has 2 N–H and O–H groups in total. The number of amides is 1. The van der Waals surface area contributed by atoms with Gasteiger partial charge in [0.2, 0.25) is 0 Å². The van der Waals surface area contributed by atoms with E-state index in [0.29, 0.717) is 16.5 Å². The van der Waals surface area contributed by atoms with Crippen LogP contribution < -0.4 is 10.1 Å². The Hall–Kier alpha value is -1.75. The molecule has 1 unspecified atom stereocenters. The zero-order chi connectivity index (χ0) is 16.1. The van der Waals surface area contributed by atoms with Crippen molar-refractivity contribution in [2.45, 2.75) is 13.0 Å². The minimum Gasteiger partial charge on any atom is -0.455 e. The second-order valence-corrected chi connectivity index (χ2v) is 5.52. The van der Waals surface area contributed by atoms with Crippen molar-refractivity contribution < 1.29 is 14.6 Å². The summed E-state index contributed by atoms with van der Waals surface area (Å²) in [5, 5.41) is 12.4. The van der Waals surface area contributed by atoms with E-state index >= 15 is 0 Å². The zero-order valence-electron chi connectivity index (χ0n) is 11.8. The van der Waals surface area contributed by atoms with E-state index in [1.54, 1.807) is 49.4 Å². The highest BCUT2D eigenvalue weighted by molar-refractivity contribution is 6.34. The van der Waals surface area contributed by atoms with E-state index in [1.165, 1.54) is 0 Å². The average molecular weight is 340 g/mol. The van der Waals surface area contributed by atoms with Gasteiger partial charge in [0, 0.05) is 6.04 Å². The smallest absolute Gasteiger partial charge is 0.256 e. The summed E-state index contributed by atoms with van der Waals surface area (Å²) in [6, 6.07) is 11.5. The lowest BCUT2D eigenvalue weighted by Gasteiger charge is -2.15. The number of aliphatic hydroxyl groups is 1. The van der Waals surface area contributed by atoms with Crippen LogP contribution in [0.15, 0.2) is 42.5 Å². The van der Waals surface area contributed by atoms with E-state index in [2.05, 4.69) is 5.32 Å². The van der Waals surface area contributed by atoms with Gasteiger partial charge in [0.25, 0.3) is 5.91 Å². The number of benzene rings is 2. The Balaban J connectivity index is 2.34. The fourth-order valence-corrected chi connectivity index (χ4v) is 2.22. The standard InChI is InChI=1S/C16H15Cl2NO3/c1-10(9-20)19-16(21)15-12(18)6-4-8-14(15)22-13-7-3-2-5-11(13)17/h2-8,10,20H,9H2,1H3,(H,19,21). The third-order valence-corrected chi connectivity index (χ3v) is 3.54. The first kappa shape index (κ1) is 16.6. The van der Waals surface area contributed by atoms with Crippen molar-refractivity contribution in [1.29, 1.82) is 0 Å². The molecule has 0 aliphatic rings. The molecule has 1 atom stereocenters. The van der Waals surface area contributed by atoms with Gasteiger partial charge < -0.3 is 15.2 Å². The van der Waals surface area contributed by atoms with Crippen molar-refractivity contribution in [3.8, 4) is 11.5 Å². The fourth-order valence-electron chi connectivity index (χ4n) is 1.80. The number of hydrogen-bond donors (Lipinski definition) is 2. The molecule has 0 fully saturated rings. The first-order valence-electron chi connectivity index (χ1n) is 6.65. The van der Waals surface area contributed by atoms with Crippen LogP contribution in [0.4, 0.5) is 0 Å². The van der Waals surface area contributed by atoms with Gasteiger partial charge in [0.1, 0.15) is 17.1 Å². The molecule has 0 heterocycles. The van der Waals surface area contributed by atoms with Crippen molar-refractivity contribution in [1.82, 2.24) is 5.32 Å². The Bertz CT molecular complexity index is 676. The molecule has 4 nitrogen and oxygen atoms in total. The Kier molecular flexibility index (Phi) is 5.66. The van der Waals surface area contributed by atoms with E-state index < -0.39 is 11.9 Å². The highest BCUT2D eigenvalue weighted by Crippen LogP contribution is 2.33. The second-order valence-electron chi connectivity index (χ2n) is 4.70. The highest BCUT2D eigenvalue weighted by Gasteiger charge is 2.19. The van der Waals surface area contributed by atoms with Gasteiger partial charge in [-0.1, -0.05) is 41.4 Å². The Morgan fingerprint density at radius 2 is 1.77 bits per heavy atom. The summed E-state index contributed by atoms with van der Waals surface area (Å²) in [7, 11) is 0. The van der Waals surface area contributed by atoms with E-state index in [0.717, 1.165) is 0 Å². The van der Waals surface area contributed by atoms with Crippen molar-refractivity contribution in [2.24, 2.45) is 0 Å². The normalized spacial score (nSPS) is 11.8. The second kappa shape index (κ2) is 7.49. The first-order valence-corrected chi connectivity index (χ1v) is 7.41. The van der Waals surface area contributed by atoms with Crippen LogP contribution in [0.1, 0.15) is 17.3 Å². The van der Waals surface area contributed by atoms with Crippen molar-refractivity contribution in [3.63, 3.8) is 0 Å². The van der Waals surface area contributed by atoms with Crippen molar-refractivity contribution >= 4 is 29.1 Å². The minimum atomic E-state index is -0.422. The summed E-state index contributed by atoms with van der Waals surface area (Å²) in [4.78, 5) is 12.3. The molecule has 0 aliphatic carbocycles. The molecule has 22 heavy (non-hydrogen) atoms. The van der Waals surface area contributed by atoms with Crippen LogP contribution in [0.2, 0.25) is 10.0 Å². The van der Waals surface area contributed by atoms with Crippen LogP contribution >= 0.6 is 23.2 Å². The van der Waals surface area contributed by atoms with Crippen molar-refractivity contribution in [2.75, 3.05) is 6.61 Å². The average Bonchev–Trinajstić information content (AvgIpc) is 2.49. The molecule has 0 aliphatic heterocycles. The molecular weight excluding hydrogens is 325 g/mol. The van der Waals surface area contributed by atoms with Crippen LogP contribution in [-0.4, -0.2) is 23.7 Å². The molecule has 0 aromatic heterocycles. The number of nitrogens with one attached hydrogen (secondary N) is 1. The third kappa shape index (κ3) is 3.91. The van der Waals surface area contributed by atoms with Crippen molar-refractivity contribution in [3.05, 3.63) is 58.1 Å². The van der Waals surface area contributed by atoms with E-state index in [4.69, 9.17) is 33.0 Å².